The first-order valence-electron chi connectivity index (χ1n) is 10.1. The Balaban J connectivity index is 1.90. The predicted molar refractivity (Wildman–Crippen MR) is 119 cm³/mol. The number of rotatable bonds is 9. The van der Waals surface area contributed by atoms with Crippen molar-refractivity contribution in [1.29, 1.82) is 0 Å². The summed E-state index contributed by atoms with van der Waals surface area (Å²) in [6, 6.07) is 11.1. The van der Waals surface area contributed by atoms with Gasteiger partial charge in [0.15, 0.2) is 5.78 Å². The first-order valence-corrected chi connectivity index (χ1v) is 10.5. The molecule has 32 heavy (non-hydrogen) atoms. The minimum absolute atomic E-state index is 0.188. The van der Waals surface area contributed by atoms with E-state index in [1.54, 1.807) is 31.2 Å². The Morgan fingerprint density at radius 3 is 2.41 bits per heavy atom. The number of hydrogen-bond acceptors (Lipinski definition) is 4. The summed E-state index contributed by atoms with van der Waals surface area (Å²) >= 11 is 6.15. The third-order valence-electron chi connectivity index (χ3n) is 5.39. The number of para-hydroxylation sites is 1. The molecule has 3 aromatic rings. The summed E-state index contributed by atoms with van der Waals surface area (Å²) in [6.07, 6.45) is -0.657. The van der Waals surface area contributed by atoms with E-state index in [0.717, 1.165) is 10.8 Å². The molecule has 0 saturated heterocycles. The van der Waals surface area contributed by atoms with Gasteiger partial charge in [0.05, 0.1) is 17.5 Å². The molecule has 0 radical (unpaired) electrons. The Bertz CT molecular complexity index is 1210. The molecule has 2 N–H and O–H groups in total. The highest BCUT2D eigenvalue weighted by Crippen LogP contribution is 2.31. The first-order chi connectivity index (χ1) is 15.3. The van der Waals surface area contributed by atoms with Crippen LogP contribution in [0.3, 0.4) is 0 Å². The van der Waals surface area contributed by atoms with Crippen molar-refractivity contribution in [2.75, 3.05) is 6.67 Å². The number of amides is 1. The molecule has 3 rings (SSSR count). The summed E-state index contributed by atoms with van der Waals surface area (Å²) < 4.78 is 14.3. The lowest BCUT2D eigenvalue weighted by molar-refractivity contribution is -0.140. The Morgan fingerprint density at radius 2 is 1.75 bits per heavy atom. The fraction of sp³-hybridized carbons (Fsp3) is 0.304. The van der Waals surface area contributed by atoms with E-state index in [4.69, 9.17) is 16.7 Å². The number of nitrogens with zero attached hydrogens (tertiary/aromatic N) is 1. The smallest absolute Gasteiger partial charge is 0.305 e. The second-order valence-electron chi connectivity index (χ2n) is 7.48. The van der Waals surface area contributed by atoms with Gasteiger partial charge in [-0.05, 0) is 24.6 Å². The van der Waals surface area contributed by atoms with Crippen molar-refractivity contribution in [3.05, 3.63) is 47.5 Å². The number of nitrogens with one attached hydrogen (secondary N) is 1. The van der Waals surface area contributed by atoms with Crippen LogP contribution in [0.5, 0.6) is 0 Å². The summed E-state index contributed by atoms with van der Waals surface area (Å²) in [5.74, 6) is -4.23. The highest BCUT2D eigenvalue weighted by molar-refractivity contribution is 6.31. The summed E-state index contributed by atoms with van der Waals surface area (Å²) in [4.78, 5) is 48.7. The van der Waals surface area contributed by atoms with Gasteiger partial charge in [0, 0.05) is 28.1 Å². The van der Waals surface area contributed by atoms with Crippen molar-refractivity contribution in [2.24, 2.45) is 5.92 Å². The molecule has 0 aliphatic rings. The van der Waals surface area contributed by atoms with Crippen LogP contribution in [0.15, 0.2) is 42.5 Å². The van der Waals surface area contributed by atoms with Gasteiger partial charge in [0.2, 0.25) is 11.8 Å². The fourth-order valence-corrected chi connectivity index (χ4v) is 3.91. The zero-order chi connectivity index (χ0) is 23.4. The number of aliphatic carboxylic acids is 1. The van der Waals surface area contributed by atoms with E-state index in [0.29, 0.717) is 16.1 Å². The molecule has 0 aliphatic carbocycles. The monoisotopic (exact) mass is 460 g/mol. The molecule has 0 spiro atoms. The Kier molecular flexibility index (Phi) is 7.25. The summed E-state index contributed by atoms with van der Waals surface area (Å²) in [7, 11) is 0. The molecule has 9 heteroatoms. The standard InChI is InChI=1S/C23H22ClFN2O5/c1-2-13(23(32)26-17(11-22(30)31)20(28)12-25)9-21(29)27-18-6-4-3-5-15(18)16-8-7-14(24)10-19(16)27/h3-8,10,13,17H,2,9,11-12H2,1H3,(H,26,32)(H,30,31)/t13-,17?/m0/s1. The molecule has 168 valence electrons. The van der Waals surface area contributed by atoms with Crippen LogP contribution in [-0.2, 0) is 14.4 Å². The molecule has 2 aromatic carbocycles. The SMILES string of the molecule is CC[C@@H](CC(=O)n1c2ccccc2c2ccc(Cl)cc21)C(=O)NC(CC(=O)O)C(=O)CF. The van der Waals surface area contributed by atoms with Crippen molar-refractivity contribution in [2.45, 2.75) is 32.2 Å². The fourth-order valence-electron chi connectivity index (χ4n) is 3.74. The number of hydrogen-bond donors (Lipinski definition) is 2. The van der Waals surface area contributed by atoms with Crippen LogP contribution in [0.4, 0.5) is 4.39 Å². The maximum absolute atomic E-state index is 13.3. The van der Waals surface area contributed by atoms with E-state index in [1.165, 1.54) is 4.57 Å². The molecule has 0 aliphatic heterocycles. The van der Waals surface area contributed by atoms with Crippen LogP contribution in [-0.4, -0.2) is 46.0 Å². The van der Waals surface area contributed by atoms with Crippen molar-refractivity contribution < 1.29 is 28.7 Å². The van der Waals surface area contributed by atoms with Crippen LogP contribution in [0.25, 0.3) is 21.8 Å². The normalized spacial score (nSPS) is 13.1. The Labute approximate surface area is 188 Å². The number of carboxylic acids is 1. The Morgan fingerprint density at radius 1 is 1.06 bits per heavy atom. The number of carbonyl (C=O) groups excluding carboxylic acids is 3. The number of fused-ring (bicyclic) bond motifs is 3. The zero-order valence-corrected chi connectivity index (χ0v) is 18.1. The molecule has 0 saturated carbocycles. The van der Waals surface area contributed by atoms with Crippen LogP contribution in [0, 0.1) is 5.92 Å². The lowest BCUT2D eigenvalue weighted by Gasteiger charge is -2.19. The molecule has 2 atom stereocenters. The van der Waals surface area contributed by atoms with Gasteiger partial charge in [0.25, 0.3) is 0 Å². The predicted octanol–water partition coefficient (Wildman–Crippen LogP) is 4.00. The molecule has 1 unspecified atom stereocenters. The van der Waals surface area contributed by atoms with Gasteiger partial charge in [-0.2, -0.15) is 0 Å². The molecule has 0 fully saturated rings. The number of aromatic nitrogens is 1. The molecular weight excluding hydrogens is 439 g/mol. The average molecular weight is 461 g/mol. The summed E-state index contributed by atoms with van der Waals surface area (Å²) in [5, 5.41) is 13.4. The topological polar surface area (TPSA) is 105 Å². The number of carboxylic acid groups (broad SMARTS) is 1. The number of alkyl halides is 1. The maximum atomic E-state index is 13.3. The minimum atomic E-state index is -1.49. The first kappa shape index (κ1) is 23.4. The molecule has 7 nitrogen and oxygen atoms in total. The van der Waals surface area contributed by atoms with Gasteiger partial charge >= 0.3 is 5.97 Å². The van der Waals surface area contributed by atoms with Gasteiger partial charge in [-0.25, -0.2) is 4.39 Å². The molecular formula is C23H22ClFN2O5. The van der Waals surface area contributed by atoms with Gasteiger partial charge in [-0.1, -0.05) is 42.8 Å². The molecule has 1 amide bonds. The quantitative estimate of drug-likeness (QED) is 0.502. The van der Waals surface area contributed by atoms with Gasteiger partial charge in [0.1, 0.15) is 12.7 Å². The van der Waals surface area contributed by atoms with Crippen LogP contribution >= 0.6 is 11.6 Å². The van der Waals surface area contributed by atoms with Gasteiger partial charge in [-0.15, -0.1) is 0 Å². The van der Waals surface area contributed by atoms with Crippen LogP contribution in [0.1, 0.15) is 31.0 Å². The maximum Gasteiger partial charge on any atom is 0.305 e. The number of Topliss-reactive ketones (excluding diaryl/α,β-unsaturated/α-hetero) is 1. The summed E-state index contributed by atoms with van der Waals surface area (Å²) in [5.41, 5.74) is 1.27. The Hall–Kier alpha value is -3.26. The van der Waals surface area contributed by atoms with E-state index < -0.39 is 42.7 Å². The average Bonchev–Trinajstić information content (AvgIpc) is 3.09. The largest absolute Gasteiger partial charge is 0.481 e. The van der Waals surface area contributed by atoms with Crippen LogP contribution in [0.2, 0.25) is 5.02 Å². The van der Waals surface area contributed by atoms with Crippen molar-refractivity contribution in [3.8, 4) is 0 Å². The minimum Gasteiger partial charge on any atom is -0.481 e. The van der Waals surface area contributed by atoms with Gasteiger partial charge in [-0.3, -0.25) is 23.7 Å². The van der Waals surface area contributed by atoms with Crippen LogP contribution < -0.4 is 5.32 Å². The summed E-state index contributed by atoms with van der Waals surface area (Å²) in [6.45, 7) is 0.305. The highest BCUT2D eigenvalue weighted by Gasteiger charge is 2.29. The van der Waals surface area contributed by atoms with Crippen molar-refractivity contribution in [1.82, 2.24) is 9.88 Å². The lowest BCUT2D eigenvalue weighted by atomic mass is 9.99. The van der Waals surface area contributed by atoms with E-state index in [9.17, 15) is 23.6 Å². The van der Waals surface area contributed by atoms with E-state index >= 15 is 0 Å². The number of carbonyl (C=O) groups is 4. The highest BCUT2D eigenvalue weighted by atomic mass is 35.5. The number of ketones is 1. The van der Waals surface area contributed by atoms with E-state index in [2.05, 4.69) is 5.32 Å². The number of benzene rings is 2. The zero-order valence-electron chi connectivity index (χ0n) is 17.3. The van der Waals surface area contributed by atoms with E-state index in [-0.39, 0.29) is 18.7 Å². The molecule has 1 heterocycles. The second-order valence-corrected chi connectivity index (χ2v) is 7.91. The lowest BCUT2D eigenvalue weighted by Crippen LogP contribution is -2.45. The second kappa shape index (κ2) is 9.91. The molecule has 0 bridgehead atoms. The third-order valence-corrected chi connectivity index (χ3v) is 5.62. The van der Waals surface area contributed by atoms with Crippen molar-refractivity contribution in [3.63, 3.8) is 0 Å². The number of halogens is 2. The van der Waals surface area contributed by atoms with E-state index in [1.807, 2.05) is 18.2 Å². The van der Waals surface area contributed by atoms with Gasteiger partial charge < -0.3 is 10.4 Å². The third kappa shape index (κ3) is 4.80. The molecule has 1 aromatic heterocycles. The van der Waals surface area contributed by atoms with Crippen molar-refractivity contribution >= 4 is 57.0 Å².